The molecule has 2 aromatic carbocycles. The fraction of sp³-hybridized carbons (Fsp3) is 0.176. The number of hydrogen-bond donors (Lipinski definition) is 2. The summed E-state index contributed by atoms with van der Waals surface area (Å²) in [5, 5.41) is 2.82. The number of fused-ring (bicyclic) bond motifs is 2. The number of aromatic nitrogens is 1. The molecule has 0 fully saturated rings. The molecule has 0 saturated carbocycles. The van der Waals surface area contributed by atoms with Crippen LogP contribution in [0.4, 0.5) is 5.69 Å². The van der Waals surface area contributed by atoms with Gasteiger partial charge in [-0.3, -0.25) is 10.8 Å². The van der Waals surface area contributed by atoms with E-state index in [0.29, 0.717) is 0 Å². The molecule has 4 nitrogen and oxygen atoms in total. The van der Waals surface area contributed by atoms with Crippen molar-refractivity contribution in [2.24, 2.45) is 10.8 Å². The molecule has 0 aliphatic carbocycles. The molecular weight excluding hydrogens is 260 g/mol. The number of nitrogens with two attached hydrogens (primary N) is 1. The van der Waals surface area contributed by atoms with E-state index in [0.717, 1.165) is 32.9 Å². The molecule has 4 heteroatoms. The number of hydrazine groups is 1. The Hall–Kier alpha value is -2.46. The lowest BCUT2D eigenvalue weighted by Gasteiger charge is -2.03. The minimum atomic E-state index is 0.168. The van der Waals surface area contributed by atoms with Gasteiger partial charge in [-0.1, -0.05) is 36.4 Å². The highest BCUT2D eigenvalue weighted by molar-refractivity contribution is 5.96. The summed E-state index contributed by atoms with van der Waals surface area (Å²) in [5.41, 5.74) is 5.44. The Labute approximate surface area is 123 Å². The first kappa shape index (κ1) is 13.5. The number of anilines is 1. The van der Waals surface area contributed by atoms with Gasteiger partial charge in [0.2, 0.25) is 0 Å². The molecule has 0 atom stereocenters. The van der Waals surface area contributed by atoms with Crippen molar-refractivity contribution in [3.8, 4) is 0 Å². The standard InChI is InChI=1S/C17H18N4/c1-11(2)19-16-12-7-3-5-9-14(12)20-15-10-6-4-8-13(15)17(16)21-18/h3-11H,18H2,1-2H3,(H,19,21). The minimum absolute atomic E-state index is 0.168. The molecule has 0 unspecified atom stereocenters. The van der Waals surface area contributed by atoms with Crippen LogP contribution in [0, 0.1) is 0 Å². The predicted octanol–water partition coefficient (Wildman–Crippen LogP) is 2.98. The normalized spacial score (nSPS) is 12.3. The average Bonchev–Trinajstić information content (AvgIpc) is 2.61. The summed E-state index contributed by atoms with van der Waals surface area (Å²) in [6.45, 7) is 4.11. The van der Waals surface area contributed by atoms with Crippen LogP contribution in [-0.4, -0.2) is 11.0 Å². The second-order valence-corrected chi connectivity index (χ2v) is 5.24. The molecule has 0 radical (unpaired) electrons. The SMILES string of the molecule is CC(C)N=c1c(NN)c2ccccc2nc2ccccc12. The molecule has 0 aliphatic heterocycles. The van der Waals surface area contributed by atoms with Gasteiger partial charge >= 0.3 is 0 Å². The Morgan fingerprint density at radius 2 is 1.52 bits per heavy atom. The summed E-state index contributed by atoms with van der Waals surface area (Å²) in [6, 6.07) is 16.1. The summed E-state index contributed by atoms with van der Waals surface area (Å²) < 4.78 is 0. The number of benzene rings is 2. The maximum atomic E-state index is 5.80. The van der Waals surface area contributed by atoms with E-state index in [9.17, 15) is 0 Å². The maximum absolute atomic E-state index is 5.80. The van der Waals surface area contributed by atoms with Gasteiger partial charge in [0.15, 0.2) is 0 Å². The van der Waals surface area contributed by atoms with Crippen molar-refractivity contribution in [1.29, 1.82) is 0 Å². The zero-order chi connectivity index (χ0) is 14.8. The molecule has 0 saturated heterocycles. The number of nitrogens with zero attached hydrogens (tertiary/aromatic N) is 2. The summed E-state index contributed by atoms with van der Waals surface area (Å²) in [4.78, 5) is 9.53. The summed E-state index contributed by atoms with van der Waals surface area (Å²) in [6.07, 6.45) is 0. The molecule has 3 N–H and O–H groups in total. The van der Waals surface area contributed by atoms with Crippen molar-refractivity contribution in [2.45, 2.75) is 19.9 Å². The van der Waals surface area contributed by atoms with Gasteiger partial charge < -0.3 is 5.43 Å². The van der Waals surface area contributed by atoms with E-state index < -0.39 is 0 Å². The van der Waals surface area contributed by atoms with Crippen LogP contribution in [0.25, 0.3) is 21.8 Å². The Morgan fingerprint density at radius 3 is 2.14 bits per heavy atom. The van der Waals surface area contributed by atoms with Gasteiger partial charge in [0.05, 0.1) is 22.1 Å². The number of para-hydroxylation sites is 2. The third kappa shape index (κ3) is 2.45. The van der Waals surface area contributed by atoms with E-state index >= 15 is 0 Å². The third-order valence-corrected chi connectivity index (χ3v) is 3.34. The minimum Gasteiger partial charge on any atom is -0.322 e. The van der Waals surface area contributed by atoms with Crippen molar-refractivity contribution in [3.63, 3.8) is 0 Å². The molecule has 0 amide bonds. The molecule has 1 aromatic heterocycles. The van der Waals surface area contributed by atoms with Crippen LogP contribution in [0.1, 0.15) is 13.8 Å². The van der Waals surface area contributed by atoms with Crippen molar-refractivity contribution in [3.05, 3.63) is 53.9 Å². The zero-order valence-corrected chi connectivity index (χ0v) is 12.2. The Morgan fingerprint density at radius 1 is 0.952 bits per heavy atom. The monoisotopic (exact) mass is 278 g/mol. The Kier molecular flexibility index (Phi) is 3.54. The maximum Gasteiger partial charge on any atom is 0.0922 e. The van der Waals surface area contributed by atoms with Gasteiger partial charge in [0.1, 0.15) is 0 Å². The predicted molar refractivity (Wildman–Crippen MR) is 87.8 cm³/mol. The van der Waals surface area contributed by atoms with E-state index in [-0.39, 0.29) is 6.04 Å². The van der Waals surface area contributed by atoms with Gasteiger partial charge in [-0.2, -0.15) is 0 Å². The second kappa shape index (κ2) is 5.50. The van der Waals surface area contributed by atoms with Crippen LogP contribution in [-0.2, 0) is 0 Å². The molecule has 106 valence electrons. The fourth-order valence-electron chi connectivity index (χ4n) is 2.48. The molecule has 0 bridgehead atoms. The van der Waals surface area contributed by atoms with Crippen LogP contribution >= 0.6 is 0 Å². The Bertz CT molecular complexity index is 869. The molecule has 3 rings (SSSR count). The van der Waals surface area contributed by atoms with Gasteiger partial charge in [-0.15, -0.1) is 0 Å². The zero-order valence-electron chi connectivity index (χ0n) is 12.2. The number of nitrogen functional groups attached to an aromatic ring is 1. The van der Waals surface area contributed by atoms with Crippen molar-refractivity contribution < 1.29 is 0 Å². The molecule has 1 heterocycles. The highest BCUT2D eigenvalue weighted by Crippen LogP contribution is 2.20. The lowest BCUT2D eigenvalue weighted by molar-refractivity contribution is 0.809. The van der Waals surface area contributed by atoms with Crippen molar-refractivity contribution in [1.82, 2.24) is 4.98 Å². The van der Waals surface area contributed by atoms with E-state index in [2.05, 4.69) is 19.3 Å². The van der Waals surface area contributed by atoms with Crippen LogP contribution < -0.4 is 16.6 Å². The highest BCUT2D eigenvalue weighted by Gasteiger charge is 2.07. The largest absolute Gasteiger partial charge is 0.322 e. The first-order chi connectivity index (χ1) is 10.2. The number of hydrogen-bond acceptors (Lipinski definition) is 4. The van der Waals surface area contributed by atoms with Crippen LogP contribution in [0.2, 0.25) is 0 Å². The van der Waals surface area contributed by atoms with Gasteiger partial charge in [0, 0.05) is 16.8 Å². The molecule has 0 aliphatic rings. The molecule has 3 aromatic rings. The molecule has 0 spiro atoms. The van der Waals surface area contributed by atoms with E-state index in [1.54, 1.807) is 0 Å². The second-order valence-electron chi connectivity index (χ2n) is 5.24. The highest BCUT2D eigenvalue weighted by atomic mass is 15.2. The summed E-state index contributed by atoms with van der Waals surface area (Å²) in [5.74, 6) is 5.80. The quantitative estimate of drug-likeness (QED) is 0.559. The third-order valence-electron chi connectivity index (χ3n) is 3.34. The fourth-order valence-corrected chi connectivity index (χ4v) is 2.48. The van der Waals surface area contributed by atoms with Crippen LogP contribution in [0.3, 0.4) is 0 Å². The number of nitrogens with one attached hydrogen (secondary N) is 1. The van der Waals surface area contributed by atoms with Crippen LogP contribution in [0.5, 0.6) is 0 Å². The lowest BCUT2D eigenvalue weighted by atomic mass is 10.1. The topological polar surface area (TPSA) is 63.3 Å². The first-order valence-electron chi connectivity index (χ1n) is 7.03. The smallest absolute Gasteiger partial charge is 0.0922 e. The number of rotatable bonds is 2. The van der Waals surface area contributed by atoms with Gasteiger partial charge in [-0.25, -0.2) is 4.98 Å². The first-order valence-corrected chi connectivity index (χ1v) is 7.03. The Balaban J connectivity index is 2.66. The van der Waals surface area contributed by atoms with E-state index in [1.165, 1.54) is 0 Å². The van der Waals surface area contributed by atoms with E-state index in [1.807, 2.05) is 48.5 Å². The van der Waals surface area contributed by atoms with Gasteiger partial charge in [0.25, 0.3) is 0 Å². The molecular formula is C17H18N4. The van der Waals surface area contributed by atoms with Crippen LogP contribution in [0.15, 0.2) is 53.5 Å². The van der Waals surface area contributed by atoms with E-state index in [4.69, 9.17) is 15.8 Å². The van der Waals surface area contributed by atoms with Crippen molar-refractivity contribution >= 4 is 27.5 Å². The van der Waals surface area contributed by atoms with Crippen molar-refractivity contribution in [2.75, 3.05) is 5.43 Å². The molecule has 21 heavy (non-hydrogen) atoms. The average molecular weight is 278 g/mol. The summed E-state index contributed by atoms with van der Waals surface area (Å²) >= 11 is 0. The lowest BCUT2D eigenvalue weighted by Crippen LogP contribution is -2.18. The van der Waals surface area contributed by atoms with Gasteiger partial charge in [-0.05, 0) is 26.0 Å². The summed E-state index contributed by atoms with van der Waals surface area (Å²) in [7, 11) is 0.